The first-order chi connectivity index (χ1) is 8.66. The molecule has 1 N–H and O–H groups in total. The highest BCUT2D eigenvalue weighted by atomic mass is 16.3. The molecule has 3 nitrogen and oxygen atoms in total. The predicted molar refractivity (Wildman–Crippen MR) is 72.4 cm³/mol. The van der Waals surface area contributed by atoms with Gasteiger partial charge in [0.15, 0.2) is 0 Å². The molecule has 2 rings (SSSR count). The molecule has 1 unspecified atom stereocenters. The van der Waals surface area contributed by atoms with Crippen LogP contribution < -0.4 is 0 Å². The molecule has 1 atom stereocenters. The number of aliphatic hydroxyl groups excluding tert-OH is 1. The van der Waals surface area contributed by atoms with E-state index in [0.29, 0.717) is 0 Å². The maximum absolute atomic E-state index is 10.1. The van der Waals surface area contributed by atoms with Crippen LogP contribution in [0.15, 0.2) is 36.7 Å². The third-order valence-electron chi connectivity index (χ3n) is 3.34. The highest BCUT2D eigenvalue weighted by Gasteiger charge is 2.09. The number of aliphatic hydroxyl groups is 1. The van der Waals surface area contributed by atoms with E-state index in [1.165, 1.54) is 11.1 Å². The quantitative estimate of drug-likeness (QED) is 0.876. The van der Waals surface area contributed by atoms with Gasteiger partial charge in [-0.3, -0.25) is 0 Å². The van der Waals surface area contributed by atoms with Gasteiger partial charge in [-0.2, -0.15) is 0 Å². The van der Waals surface area contributed by atoms with Crippen LogP contribution in [0, 0.1) is 6.92 Å². The minimum atomic E-state index is -0.303. The van der Waals surface area contributed by atoms with Crippen LogP contribution in [-0.4, -0.2) is 20.8 Å². The minimum Gasteiger partial charge on any atom is -0.393 e. The Bertz CT molecular complexity index is 505. The van der Waals surface area contributed by atoms with Crippen molar-refractivity contribution in [3.63, 3.8) is 0 Å². The monoisotopic (exact) mass is 244 g/mol. The molecular weight excluding hydrogens is 224 g/mol. The van der Waals surface area contributed by atoms with Crippen LogP contribution in [0.25, 0.3) is 0 Å². The van der Waals surface area contributed by atoms with Crippen molar-refractivity contribution in [1.29, 1.82) is 0 Å². The normalized spacial score (nSPS) is 12.6. The smallest absolute Gasteiger partial charge is 0.108 e. The Morgan fingerprint density at radius 2 is 2.11 bits per heavy atom. The molecule has 96 valence electrons. The Hall–Kier alpha value is -1.61. The van der Waals surface area contributed by atoms with E-state index in [1.54, 1.807) is 6.20 Å². The number of nitrogens with zero attached hydrogens (tertiary/aromatic N) is 2. The molecule has 0 spiro atoms. The van der Waals surface area contributed by atoms with Gasteiger partial charge in [-0.05, 0) is 30.9 Å². The van der Waals surface area contributed by atoms with Crippen LogP contribution >= 0.6 is 0 Å². The summed E-state index contributed by atoms with van der Waals surface area (Å²) < 4.78 is 2.00. The number of hydrogen-bond donors (Lipinski definition) is 1. The van der Waals surface area contributed by atoms with E-state index in [-0.39, 0.29) is 6.10 Å². The van der Waals surface area contributed by atoms with Gasteiger partial charge in [-0.25, -0.2) is 4.98 Å². The highest BCUT2D eigenvalue weighted by molar-refractivity contribution is 5.26. The molecule has 0 bridgehead atoms. The molecule has 0 aliphatic heterocycles. The number of rotatable bonds is 5. The molecule has 1 aromatic heterocycles. The van der Waals surface area contributed by atoms with Crippen molar-refractivity contribution in [2.75, 3.05) is 0 Å². The van der Waals surface area contributed by atoms with Crippen LogP contribution in [0.2, 0.25) is 0 Å². The van der Waals surface area contributed by atoms with Gasteiger partial charge in [-0.1, -0.05) is 24.3 Å². The predicted octanol–water partition coefficient (Wildman–Crippen LogP) is 2.26. The van der Waals surface area contributed by atoms with Gasteiger partial charge in [0, 0.05) is 25.9 Å². The van der Waals surface area contributed by atoms with Crippen LogP contribution in [0.5, 0.6) is 0 Å². The first-order valence-electron chi connectivity index (χ1n) is 6.35. The average molecular weight is 244 g/mol. The number of aromatic nitrogens is 2. The van der Waals surface area contributed by atoms with E-state index in [4.69, 9.17) is 0 Å². The Labute approximate surface area is 108 Å². The summed E-state index contributed by atoms with van der Waals surface area (Å²) in [5.74, 6) is 1.03. The van der Waals surface area contributed by atoms with Crippen molar-refractivity contribution in [3.8, 4) is 0 Å². The first-order valence-corrected chi connectivity index (χ1v) is 6.35. The first kappa shape index (κ1) is 12.8. The zero-order valence-corrected chi connectivity index (χ0v) is 11.0. The van der Waals surface area contributed by atoms with Crippen LogP contribution in [0.1, 0.15) is 23.4 Å². The maximum atomic E-state index is 10.1. The van der Waals surface area contributed by atoms with Gasteiger partial charge < -0.3 is 9.67 Å². The van der Waals surface area contributed by atoms with Crippen molar-refractivity contribution in [3.05, 3.63) is 53.6 Å². The highest BCUT2D eigenvalue weighted by Crippen LogP contribution is 2.12. The third kappa shape index (κ3) is 3.20. The maximum Gasteiger partial charge on any atom is 0.108 e. The average Bonchev–Trinajstić information content (AvgIpc) is 2.75. The second-order valence-electron chi connectivity index (χ2n) is 4.78. The summed E-state index contributed by atoms with van der Waals surface area (Å²) in [5, 5.41) is 10.1. The third-order valence-corrected chi connectivity index (χ3v) is 3.34. The van der Waals surface area contributed by atoms with Gasteiger partial charge >= 0.3 is 0 Å². The molecule has 0 radical (unpaired) electrons. The largest absolute Gasteiger partial charge is 0.393 e. The molecule has 3 heteroatoms. The van der Waals surface area contributed by atoms with Crippen LogP contribution in [0.3, 0.4) is 0 Å². The molecule has 0 fully saturated rings. The summed E-state index contributed by atoms with van der Waals surface area (Å²) in [5.41, 5.74) is 2.47. The molecule has 1 aromatic carbocycles. The Morgan fingerprint density at radius 1 is 1.33 bits per heavy atom. The van der Waals surface area contributed by atoms with Crippen molar-refractivity contribution in [1.82, 2.24) is 9.55 Å². The van der Waals surface area contributed by atoms with Crippen molar-refractivity contribution < 1.29 is 5.11 Å². The van der Waals surface area contributed by atoms with Crippen molar-refractivity contribution >= 4 is 0 Å². The summed E-state index contributed by atoms with van der Waals surface area (Å²) in [6.07, 6.45) is 5.71. The zero-order valence-electron chi connectivity index (χ0n) is 11.0. The van der Waals surface area contributed by atoms with E-state index in [2.05, 4.69) is 24.0 Å². The standard InChI is InChI=1S/C15H20N2O/c1-12-5-3-4-6-13(12)11-14(18)7-8-15-16-9-10-17(15)2/h3-6,9-10,14,18H,7-8,11H2,1-2H3. The number of imidazole rings is 1. The van der Waals surface area contributed by atoms with Crippen molar-refractivity contribution in [2.24, 2.45) is 7.05 Å². The second-order valence-corrected chi connectivity index (χ2v) is 4.78. The molecule has 18 heavy (non-hydrogen) atoms. The number of hydrogen-bond acceptors (Lipinski definition) is 2. The lowest BCUT2D eigenvalue weighted by molar-refractivity contribution is 0.164. The van der Waals surface area contributed by atoms with Gasteiger partial charge in [0.2, 0.25) is 0 Å². The summed E-state index contributed by atoms with van der Waals surface area (Å²) >= 11 is 0. The van der Waals surface area contributed by atoms with Gasteiger partial charge in [0.05, 0.1) is 6.10 Å². The van der Waals surface area contributed by atoms with E-state index in [1.807, 2.05) is 29.9 Å². The molecule has 0 aliphatic rings. The lowest BCUT2D eigenvalue weighted by Crippen LogP contribution is -2.13. The fourth-order valence-electron chi connectivity index (χ4n) is 2.13. The molecule has 0 saturated carbocycles. The fourth-order valence-corrected chi connectivity index (χ4v) is 2.13. The molecule has 1 heterocycles. The summed E-state index contributed by atoms with van der Waals surface area (Å²) in [6, 6.07) is 8.22. The van der Waals surface area contributed by atoms with E-state index < -0.39 is 0 Å². The van der Waals surface area contributed by atoms with E-state index in [0.717, 1.165) is 25.1 Å². The number of aryl methyl sites for hydroxylation is 3. The molecule has 2 aromatic rings. The Balaban J connectivity index is 1.88. The summed E-state index contributed by atoms with van der Waals surface area (Å²) in [7, 11) is 1.98. The lowest BCUT2D eigenvalue weighted by atomic mass is 10.0. The van der Waals surface area contributed by atoms with Gasteiger partial charge in [0.1, 0.15) is 5.82 Å². The van der Waals surface area contributed by atoms with E-state index >= 15 is 0 Å². The molecular formula is C15H20N2O. The Morgan fingerprint density at radius 3 is 2.78 bits per heavy atom. The fraction of sp³-hybridized carbons (Fsp3) is 0.400. The minimum absolute atomic E-state index is 0.303. The lowest BCUT2D eigenvalue weighted by Gasteiger charge is -2.12. The zero-order chi connectivity index (χ0) is 13.0. The Kier molecular flexibility index (Phi) is 4.15. The summed E-state index contributed by atoms with van der Waals surface area (Å²) in [4.78, 5) is 4.26. The van der Waals surface area contributed by atoms with E-state index in [9.17, 15) is 5.11 Å². The molecule has 0 saturated heterocycles. The SMILES string of the molecule is Cc1ccccc1CC(O)CCc1nccn1C. The number of benzene rings is 1. The second kappa shape index (κ2) is 5.83. The molecule has 0 amide bonds. The van der Waals surface area contributed by atoms with Crippen LogP contribution in [-0.2, 0) is 19.9 Å². The summed E-state index contributed by atoms with van der Waals surface area (Å²) in [6.45, 7) is 2.08. The van der Waals surface area contributed by atoms with Gasteiger partial charge in [-0.15, -0.1) is 0 Å². The molecule has 0 aliphatic carbocycles. The van der Waals surface area contributed by atoms with Gasteiger partial charge in [0.25, 0.3) is 0 Å². The van der Waals surface area contributed by atoms with Crippen molar-refractivity contribution in [2.45, 2.75) is 32.3 Å². The topological polar surface area (TPSA) is 38.1 Å². The van der Waals surface area contributed by atoms with Crippen LogP contribution in [0.4, 0.5) is 0 Å².